The molecular weight excluding hydrogens is 405 g/mol. The van der Waals surface area contributed by atoms with Gasteiger partial charge in [-0.25, -0.2) is 9.18 Å². The van der Waals surface area contributed by atoms with Gasteiger partial charge in [-0.2, -0.15) is 0 Å². The number of carbonyl (C=O) groups excluding carboxylic acids is 2. The second-order valence-corrected chi connectivity index (χ2v) is 7.05. The fourth-order valence-electron chi connectivity index (χ4n) is 3.24. The third-order valence-electron chi connectivity index (χ3n) is 4.51. The van der Waals surface area contributed by atoms with E-state index in [-0.39, 0.29) is 12.4 Å². The number of hydrogen-bond acceptors (Lipinski definition) is 3. The van der Waals surface area contributed by atoms with Crippen LogP contribution >= 0.6 is 15.9 Å². The molecule has 1 saturated heterocycles. The van der Waals surface area contributed by atoms with Gasteiger partial charge in [-0.3, -0.25) is 10.1 Å². The van der Waals surface area contributed by atoms with Gasteiger partial charge in [0.05, 0.1) is 6.54 Å². The maximum atomic E-state index is 13.3. The van der Waals surface area contributed by atoms with Crippen molar-refractivity contribution < 1.29 is 19.1 Å². The molecule has 6 nitrogen and oxygen atoms in total. The number of amides is 3. The number of rotatable bonds is 3. The highest BCUT2D eigenvalue weighted by Gasteiger charge is 2.48. The van der Waals surface area contributed by atoms with E-state index in [0.29, 0.717) is 10.9 Å². The van der Waals surface area contributed by atoms with Crippen LogP contribution in [0.4, 0.5) is 9.18 Å². The van der Waals surface area contributed by atoms with Crippen molar-refractivity contribution in [3.05, 3.63) is 64.5 Å². The molecule has 26 heavy (non-hydrogen) atoms. The molecule has 1 aliphatic rings. The highest BCUT2D eigenvalue weighted by Crippen LogP contribution is 2.34. The van der Waals surface area contributed by atoms with Gasteiger partial charge in [-0.1, -0.05) is 28.1 Å². The summed E-state index contributed by atoms with van der Waals surface area (Å²) in [5.74, 6) is -1.04. The van der Waals surface area contributed by atoms with Crippen LogP contribution in [0.15, 0.2) is 53.1 Å². The SMILES string of the molecule is O=C1NC(=O)[C@@](Cn2cc3cc(Br)ccc3c2O)(c2ccc(F)cc2)N1. The molecule has 2 aromatic carbocycles. The zero-order valence-electron chi connectivity index (χ0n) is 13.3. The van der Waals surface area contributed by atoms with E-state index in [2.05, 4.69) is 26.6 Å². The van der Waals surface area contributed by atoms with Gasteiger partial charge in [0.1, 0.15) is 5.82 Å². The third kappa shape index (κ3) is 2.53. The number of imide groups is 1. The van der Waals surface area contributed by atoms with Gasteiger partial charge >= 0.3 is 6.03 Å². The minimum absolute atomic E-state index is 0.0251. The van der Waals surface area contributed by atoms with E-state index in [1.165, 1.54) is 28.8 Å². The average molecular weight is 418 g/mol. The van der Waals surface area contributed by atoms with E-state index < -0.39 is 23.3 Å². The summed E-state index contributed by atoms with van der Waals surface area (Å²) in [5, 5.41) is 16.8. The van der Waals surface area contributed by atoms with Crippen LogP contribution in [0.1, 0.15) is 5.56 Å². The van der Waals surface area contributed by atoms with Gasteiger partial charge in [0.15, 0.2) is 11.4 Å². The number of aromatic hydroxyl groups is 1. The molecule has 1 atom stereocenters. The quantitative estimate of drug-likeness (QED) is 0.572. The maximum Gasteiger partial charge on any atom is 0.322 e. The fourth-order valence-corrected chi connectivity index (χ4v) is 3.61. The highest BCUT2D eigenvalue weighted by molar-refractivity contribution is 9.10. The Kier molecular flexibility index (Phi) is 3.73. The second kappa shape index (κ2) is 5.84. The molecule has 1 fully saturated rings. The van der Waals surface area contributed by atoms with Crippen molar-refractivity contribution in [1.29, 1.82) is 0 Å². The minimum Gasteiger partial charge on any atom is -0.494 e. The van der Waals surface area contributed by atoms with Crippen molar-refractivity contribution in [1.82, 2.24) is 15.2 Å². The molecule has 0 aliphatic carbocycles. The molecule has 3 amide bonds. The van der Waals surface area contributed by atoms with Crippen molar-refractivity contribution in [3.8, 4) is 5.88 Å². The molecule has 3 aromatic rings. The summed E-state index contributed by atoms with van der Waals surface area (Å²) in [7, 11) is 0. The molecule has 0 saturated carbocycles. The van der Waals surface area contributed by atoms with Crippen LogP contribution in [0, 0.1) is 5.82 Å². The summed E-state index contributed by atoms with van der Waals surface area (Å²) < 4.78 is 15.6. The lowest BCUT2D eigenvalue weighted by molar-refractivity contribution is -0.124. The summed E-state index contributed by atoms with van der Waals surface area (Å²) in [6.07, 6.45) is 1.69. The first-order valence-electron chi connectivity index (χ1n) is 7.76. The molecule has 0 bridgehead atoms. The van der Waals surface area contributed by atoms with Crippen LogP contribution < -0.4 is 10.6 Å². The van der Waals surface area contributed by atoms with Crippen molar-refractivity contribution in [2.24, 2.45) is 0 Å². The van der Waals surface area contributed by atoms with Gasteiger partial charge in [-0.05, 0) is 35.9 Å². The second-order valence-electron chi connectivity index (χ2n) is 6.13. The lowest BCUT2D eigenvalue weighted by Gasteiger charge is -2.27. The van der Waals surface area contributed by atoms with Crippen LogP contribution in [0.5, 0.6) is 5.88 Å². The molecule has 0 spiro atoms. The van der Waals surface area contributed by atoms with Gasteiger partial charge in [0.25, 0.3) is 5.91 Å². The Labute approximate surface area is 155 Å². The van der Waals surface area contributed by atoms with E-state index in [0.717, 1.165) is 9.86 Å². The van der Waals surface area contributed by atoms with Crippen LogP contribution in [-0.2, 0) is 16.9 Å². The summed E-state index contributed by atoms with van der Waals surface area (Å²) >= 11 is 3.38. The van der Waals surface area contributed by atoms with Crippen LogP contribution in [0.3, 0.4) is 0 Å². The average Bonchev–Trinajstić information content (AvgIpc) is 3.05. The first kappa shape index (κ1) is 16.6. The van der Waals surface area contributed by atoms with Crippen LogP contribution in [0.2, 0.25) is 0 Å². The molecule has 2 heterocycles. The van der Waals surface area contributed by atoms with Crippen molar-refractivity contribution >= 4 is 38.6 Å². The number of carbonyl (C=O) groups is 2. The number of fused-ring (bicyclic) bond motifs is 1. The lowest BCUT2D eigenvalue weighted by atomic mass is 9.89. The molecule has 8 heteroatoms. The summed E-state index contributed by atoms with van der Waals surface area (Å²) in [4.78, 5) is 24.4. The number of nitrogens with one attached hydrogen (secondary N) is 2. The largest absolute Gasteiger partial charge is 0.494 e. The van der Waals surface area contributed by atoms with E-state index in [1.54, 1.807) is 18.3 Å². The van der Waals surface area contributed by atoms with Crippen LogP contribution in [-0.4, -0.2) is 21.6 Å². The summed E-state index contributed by atoms with van der Waals surface area (Å²) in [6, 6.07) is 10.1. The number of hydrogen-bond donors (Lipinski definition) is 3. The molecule has 132 valence electrons. The fraction of sp³-hybridized carbons (Fsp3) is 0.111. The molecule has 1 aliphatic heterocycles. The Morgan fingerprint density at radius 3 is 2.54 bits per heavy atom. The number of benzene rings is 2. The molecule has 1 aromatic heterocycles. The third-order valence-corrected chi connectivity index (χ3v) is 5.00. The zero-order chi connectivity index (χ0) is 18.5. The normalized spacial score (nSPS) is 19.6. The highest BCUT2D eigenvalue weighted by atomic mass is 79.9. The van der Waals surface area contributed by atoms with E-state index in [1.807, 2.05) is 6.07 Å². The van der Waals surface area contributed by atoms with Crippen LogP contribution in [0.25, 0.3) is 10.8 Å². The van der Waals surface area contributed by atoms with Gasteiger partial charge < -0.3 is 15.0 Å². The molecule has 4 rings (SSSR count). The van der Waals surface area contributed by atoms with Crippen molar-refractivity contribution in [2.45, 2.75) is 12.1 Å². The Morgan fingerprint density at radius 2 is 1.88 bits per heavy atom. The van der Waals surface area contributed by atoms with Crippen molar-refractivity contribution in [3.63, 3.8) is 0 Å². The summed E-state index contributed by atoms with van der Waals surface area (Å²) in [5.41, 5.74) is -1.03. The number of halogens is 2. The standard InChI is InChI=1S/C18H13BrFN3O3/c19-12-3-6-14-10(7-12)8-23(15(14)24)9-18(16(25)21-17(26)22-18)11-1-4-13(20)5-2-11/h1-8,24H,9H2,(H2,21,22,25,26)/t18-/m1/s1. The molecule has 3 N–H and O–H groups in total. The van der Waals surface area contributed by atoms with E-state index >= 15 is 0 Å². The van der Waals surface area contributed by atoms with E-state index in [9.17, 15) is 19.1 Å². The first-order chi connectivity index (χ1) is 12.4. The zero-order valence-corrected chi connectivity index (χ0v) is 14.9. The Balaban J connectivity index is 1.84. The topological polar surface area (TPSA) is 83.4 Å². The molecule has 0 radical (unpaired) electrons. The van der Waals surface area contributed by atoms with E-state index in [4.69, 9.17) is 0 Å². The van der Waals surface area contributed by atoms with Crippen molar-refractivity contribution in [2.75, 3.05) is 0 Å². The van der Waals surface area contributed by atoms with Gasteiger partial charge in [0.2, 0.25) is 0 Å². The minimum atomic E-state index is -1.45. The molecular formula is C18H13BrFN3O3. The predicted octanol–water partition coefficient (Wildman–Crippen LogP) is 2.98. The van der Waals surface area contributed by atoms with Gasteiger partial charge in [-0.15, -0.1) is 0 Å². The van der Waals surface area contributed by atoms with Gasteiger partial charge in [0, 0.05) is 21.4 Å². The molecule has 0 unspecified atom stereocenters. The Bertz CT molecular complexity index is 1050. The Morgan fingerprint density at radius 1 is 1.15 bits per heavy atom. The smallest absolute Gasteiger partial charge is 0.322 e. The Hall–Kier alpha value is -2.87. The summed E-state index contributed by atoms with van der Waals surface area (Å²) in [6.45, 7) is -0.0473. The number of aromatic nitrogens is 1. The lowest BCUT2D eigenvalue weighted by Crippen LogP contribution is -2.47. The maximum absolute atomic E-state index is 13.3. The first-order valence-corrected chi connectivity index (χ1v) is 8.55. The monoisotopic (exact) mass is 417 g/mol. The number of urea groups is 1. The predicted molar refractivity (Wildman–Crippen MR) is 96.1 cm³/mol. The number of nitrogens with zero attached hydrogens (tertiary/aromatic N) is 1.